The summed E-state index contributed by atoms with van der Waals surface area (Å²) in [5.41, 5.74) is 2.45. The van der Waals surface area contributed by atoms with Crippen molar-refractivity contribution < 1.29 is 10.0 Å². The first-order valence-electron chi connectivity index (χ1n) is 8.28. The second-order valence-corrected chi connectivity index (χ2v) is 7.15. The first-order chi connectivity index (χ1) is 10.8. The monoisotopic (exact) mass is 293 g/mol. The van der Waals surface area contributed by atoms with Gasteiger partial charge in [0.2, 0.25) is 0 Å². The largest absolute Gasteiger partial charge is 0.382 e. The van der Waals surface area contributed by atoms with Crippen LogP contribution in [-0.2, 0) is 0 Å². The van der Waals surface area contributed by atoms with E-state index >= 15 is 0 Å². The van der Waals surface area contributed by atoms with Crippen molar-refractivity contribution in [3.05, 3.63) is 54.7 Å². The highest BCUT2D eigenvalue weighted by atomic mass is 16.3. The van der Waals surface area contributed by atoms with Crippen molar-refractivity contribution in [1.82, 2.24) is 4.98 Å². The molecule has 5 rings (SSSR count). The van der Waals surface area contributed by atoms with Crippen LogP contribution in [0.4, 0.5) is 0 Å². The first kappa shape index (κ1) is 12.8. The van der Waals surface area contributed by atoms with Crippen molar-refractivity contribution in [3.8, 4) is 0 Å². The fourth-order valence-corrected chi connectivity index (χ4v) is 5.56. The quantitative estimate of drug-likeness (QED) is 0.842. The van der Waals surface area contributed by atoms with E-state index in [4.69, 9.17) is 0 Å². The van der Waals surface area contributed by atoms with E-state index in [0.29, 0.717) is 17.5 Å². The maximum Gasteiger partial charge on any atom is 0.132 e. The zero-order chi connectivity index (χ0) is 14.9. The summed E-state index contributed by atoms with van der Waals surface area (Å²) in [6, 6.07) is 10.4. The number of nitrogens with one attached hydrogen (secondary N) is 1. The summed E-state index contributed by atoms with van der Waals surface area (Å²) in [7, 11) is 0. The third-order valence-corrected chi connectivity index (χ3v) is 6.55. The van der Waals surface area contributed by atoms with Gasteiger partial charge >= 0.3 is 0 Å². The minimum atomic E-state index is -0.390. The van der Waals surface area contributed by atoms with Crippen molar-refractivity contribution in [2.45, 2.75) is 30.5 Å². The van der Waals surface area contributed by atoms with Gasteiger partial charge < -0.3 is 10.0 Å². The molecule has 22 heavy (non-hydrogen) atoms. The molecule has 3 heteroatoms. The lowest BCUT2D eigenvalue weighted by atomic mass is 9.82. The van der Waals surface area contributed by atoms with Crippen LogP contribution in [0, 0.1) is 11.8 Å². The number of fused-ring (bicyclic) bond motifs is 1. The standard InChI is InChI=1S/C19H20N2O/c1-2-14-15-8-10-21-17(11-19(14,15)21)18(22)13-7-9-20-16-6-4-3-5-12(13)16/h2-7,9,14-15,17-18,22H,1,8,10-11H2/p+1/t14?,15?,17-,18+,19-/m0/s1. The van der Waals surface area contributed by atoms with Gasteiger partial charge in [-0.1, -0.05) is 24.3 Å². The van der Waals surface area contributed by atoms with Crippen molar-refractivity contribution in [1.29, 1.82) is 0 Å². The number of hydrogen-bond donors (Lipinski definition) is 2. The molecule has 1 saturated carbocycles. The number of piperidine rings is 1. The predicted octanol–water partition coefficient (Wildman–Crippen LogP) is 1.50. The molecule has 0 radical (unpaired) electrons. The molecule has 2 aliphatic heterocycles. The Labute approximate surface area is 130 Å². The van der Waals surface area contributed by atoms with E-state index < -0.39 is 6.10 Å². The molecule has 2 saturated heterocycles. The number of hydrogen-bond acceptors (Lipinski definition) is 2. The average Bonchev–Trinajstić information content (AvgIpc) is 3.12. The minimum absolute atomic E-state index is 0.334. The summed E-state index contributed by atoms with van der Waals surface area (Å²) >= 11 is 0. The van der Waals surface area contributed by atoms with Crippen LogP contribution in [0.25, 0.3) is 10.9 Å². The molecular weight excluding hydrogens is 272 g/mol. The Bertz CT molecular complexity index is 768. The highest BCUT2D eigenvalue weighted by Gasteiger charge is 2.81. The van der Waals surface area contributed by atoms with E-state index in [-0.39, 0.29) is 0 Å². The van der Waals surface area contributed by atoms with E-state index in [1.165, 1.54) is 13.0 Å². The molecule has 6 atom stereocenters. The Hall–Kier alpha value is -1.71. The fourth-order valence-electron chi connectivity index (χ4n) is 5.56. The molecule has 3 aliphatic rings. The Morgan fingerprint density at radius 3 is 3.05 bits per heavy atom. The van der Waals surface area contributed by atoms with Crippen LogP contribution in [0.2, 0.25) is 0 Å². The third kappa shape index (κ3) is 1.37. The van der Waals surface area contributed by atoms with Crippen LogP contribution >= 0.6 is 0 Å². The molecule has 2 aromatic rings. The van der Waals surface area contributed by atoms with Crippen molar-refractivity contribution >= 4 is 10.9 Å². The molecule has 1 aliphatic carbocycles. The van der Waals surface area contributed by atoms with Crippen LogP contribution in [0.3, 0.4) is 0 Å². The lowest BCUT2D eigenvalue weighted by molar-refractivity contribution is -1.00. The van der Waals surface area contributed by atoms with Gasteiger partial charge in [0.15, 0.2) is 0 Å². The number of quaternary nitrogens is 1. The molecule has 2 N–H and O–H groups in total. The van der Waals surface area contributed by atoms with Crippen molar-refractivity contribution in [3.63, 3.8) is 0 Å². The molecule has 3 unspecified atom stereocenters. The van der Waals surface area contributed by atoms with Gasteiger partial charge in [-0.05, 0) is 17.7 Å². The van der Waals surface area contributed by atoms with Crippen LogP contribution in [0.5, 0.6) is 0 Å². The zero-order valence-electron chi connectivity index (χ0n) is 12.6. The average molecular weight is 293 g/mol. The highest BCUT2D eigenvalue weighted by Crippen LogP contribution is 2.61. The summed E-state index contributed by atoms with van der Waals surface area (Å²) in [6.45, 7) is 5.21. The fraction of sp³-hybridized carbons (Fsp3) is 0.421. The lowest BCUT2D eigenvalue weighted by Crippen LogP contribution is -3.27. The van der Waals surface area contributed by atoms with Crippen molar-refractivity contribution in [2.24, 2.45) is 11.8 Å². The number of nitrogens with zero attached hydrogens (tertiary/aromatic N) is 1. The number of para-hydroxylation sites is 1. The molecule has 0 bridgehead atoms. The summed E-state index contributed by atoms with van der Waals surface area (Å²) in [4.78, 5) is 6.03. The summed E-state index contributed by atoms with van der Waals surface area (Å²) in [6.07, 6.45) is 6.02. The Morgan fingerprint density at radius 2 is 2.23 bits per heavy atom. The van der Waals surface area contributed by atoms with E-state index in [9.17, 15) is 5.11 Å². The molecule has 1 aromatic carbocycles. The molecule has 1 spiro atoms. The highest BCUT2D eigenvalue weighted by molar-refractivity contribution is 5.82. The number of pyridine rings is 1. The molecule has 3 nitrogen and oxygen atoms in total. The van der Waals surface area contributed by atoms with Crippen molar-refractivity contribution in [2.75, 3.05) is 6.54 Å². The van der Waals surface area contributed by atoms with Gasteiger partial charge in [-0.3, -0.25) is 4.98 Å². The van der Waals surface area contributed by atoms with Crippen LogP contribution < -0.4 is 4.90 Å². The number of aromatic nitrogens is 1. The van der Waals surface area contributed by atoms with E-state index in [0.717, 1.165) is 28.8 Å². The first-order valence-corrected chi connectivity index (χ1v) is 8.28. The Balaban J connectivity index is 1.48. The normalized spacial score (nSPS) is 39.7. The van der Waals surface area contributed by atoms with Gasteiger partial charge in [0.25, 0.3) is 0 Å². The molecule has 1 aromatic heterocycles. The van der Waals surface area contributed by atoms with Crippen LogP contribution in [0.1, 0.15) is 24.5 Å². The Morgan fingerprint density at radius 1 is 1.36 bits per heavy atom. The molecule has 112 valence electrons. The van der Waals surface area contributed by atoms with E-state index in [1.807, 2.05) is 30.5 Å². The van der Waals surface area contributed by atoms with Gasteiger partial charge in [-0.15, -0.1) is 6.58 Å². The lowest BCUT2D eigenvalue weighted by Gasteiger charge is -2.46. The van der Waals surface area contributed by atoms with Crippen LogP contribution in [0.15, 0.2) is 49.2 Å². The second-order valence-electron chi connectivity index (χ2n) is 7.15. The molecular formula is C19H21N2O+. The second kappa shape index (κ2) is 4.18. The maximum absolute atomic E-state index is 11.0. The maximum atomic E-state index is 11.0. The van der Waals surface area contributed by atoms with Gasteiger partial charge in [-0.25, -0.2) is 0 Å². The van der Waals surface area contributed by atoms with Gasteiger partial charge in [0.1, 0.15) is 17.7 Å². The van der Waals surface area contributed by atoms with E-state index in [2.05, 4.69) is 23.7 Å². The number of benzene rings is 1. The third-order valence-electron chi connectivity index (χ3n) is 6.55. The van der Waals surface area contributed by atoms with Gasteiger partial charge in [-0.2, -0.15) is 0 Å². The molecule has 0 amide bonds. The summed E-state index contributed by atoms with van der Waals surface area (Å²) in [5, 5.41) is 12.1. The topological polar surface area (TPSA) is 37.6 Å². The SMILES string of the molecule is C=CC1C2CC[NH+]3[C@H]([C@H](O)c4ccnc5ccccc45)C[C@]123. The predicted molar refractivity (Wildman–Crippen MR) is 85.5 cm³/mol. The number of aliphatic hydroxyl groups is 1. The van der Waals surface area contributed by atoms with Gasteiger partial charge in [0, 0.05) is 29.8 Å². The number of aliphatic hydroxyl groups excluding tert-OH is 1. The zero-order valence-corrected chi connectivity index (χ0v) is 12.6. The summed E-state index contributed by atoms with van der Waals surface area (Å²) in [5.74, 6) is 1.52. The smallest absolute Gasteiger partial charge is 0.132 e. The minimum Gasteiger partial charge on any atom is -0.382 e. The summed E-state index contributed by atoms with van der Waals surface area (Å²) < 4.78 is 0. The Kier molecular flexibility index (Phi) is 2.43. The van der Waals surface area contributed by atoms with E-state index in [1.54, 1.807) is 4.90 Å². The number of rotatable bonds is 3. The molecule has 3 heterocycles. The van der Waals surface area contributed by atoms with Gasteiger partial charge in [0.05, 0.1) is 18.5 Å². The molecule has 3 fully saturated rings. The van der Waals surface area contributed by atoms with Crippen LogP contribution in [-0.4, -0.2) is 28.2 Å².